The van der Waals surface area contributed by atoms with E-state index >= 15 is 0 Å². The normalized spacial score (nSPS) is 13.3. The maximum Gasteiger partial charge on any atom is 0.263 e. The summed E-state index contributed by atoms with van der Waals surface area (Å²) < 4.78 is 5.84. The molecule has 1 heterocycles. The number of rotatable bonds is 8. The first-order chi connectivity index (χ1) is 14.7. The van der Waals surface area contributed by atoms with Crippen molar-refractivity contribution in [3.05, 3.63) is 94.1 Å². The Bertz CT molecular complexity index is 990. The van der Waals surface area contributed by atoms with Gasteiger partial charge >= 0.3 is 0 Å². The lowest BCUT2D eigenvalue weighted by atomic mass is 9.86. The van der Waals surface area contributed by atoms with Crippen LogP contribution in [0.3, 0.4) is 0 Å². The van der Waals surface area contributed by atoms with Crippen molar-refractivity contribution in [1.82, 2.24) is 10.3 Å². The summed E-state index contributed by atoms with van der Waals surface area (Å²) in [4.78, 5) is 17.2. The monoisotopic (exact) mass is 456 g/mol. The maximum atomic E-state index is 13.1. The Morgan fingerprint density at radius 1 is 1.00 bits per heavy atom. The topological polar surface area (TPSA) is 51.2 Å². The van der Waals surface area contributed by atoms with E-state index < -0.39 is 5.60 Å². The van der Waals surface area contributed by atoms with Crippen molar-refractivity contribution in [2.75, 3.05) is 0 Å². The Labute approximate surface area is 193 Å². The molecule has 2 atom stereocenters. The fraction of sp³-hybridized carbons (Fsp3) is 0.280. The van der Waals surface area contributed by atoms with E-state index in [1.807, 2.05) is 61.5 Å². The van der Waals surface area contributed by atoms with Crippen LogP contribution < -0.4 is 10.1 Å². The van der Waals surface area contributed by atoms with Crippen LogP contribution in [0.15, 0.2) is 72.9 Å². The van der Waals surface area contributed by atoms with Gasteiger partial charge in [-0.25, -0.2) is 4.98 Å². The number of hydrogen-bond donors (Lipinski definition) is 1. The molecule has 4 nitrogen and oxygen atoms in total. The molecule has 0 radical (unpaired) electrons. The van der Waals surface area contributed by atoms with Crippen LogP contribution in [0.2, 0.25) is 10.0 Å². The summed E-state index contributed by atoms with van der Waals surface area (Å²) in [5.41, 5.74) is 1.15. The van der Waals surface area contributed by atoms with Crippen LogP contribution in [-0.2, 0) is 11.2 Å². The summed E-state index contributed by atoms with van der Waals surface area (Å²) in [6.07, 6.45) is 2.37. The number of halogens is 2. The number of carbonyl (C=O) groups is 1. The molecule has 6 heteroatoms. The predicted octanol–water partition coefficient (Wildman–Crippen LogP) is 6.08. The second-order valence-corrected chi connectivity index (χ2v) is 8.90. The molecule has 0 saturated carbocycles. The SMILES string of the molecule is CC(NC(=O)C(C)(C)Oc1ccccn1)C(Cc1ccc(Cl)cc1)c1ccc(Cl)cc1. The Balaban J connectivity index is 1.78. The van der Waals surface area contributed by atoms with Crippen molar-refractivity contribution in [2.24, 2.45) is 0 Å². The third kappa shape index (κ3) is 6.46. The number of pyridine rings is 1. The second kappa shape index (κ2) is 10.2. The molecule has 3 aromatic rings. The number of benzene rings is 2. The summed E-state index contributed by atoms with van der Waals surface area (Å²) in [5.74, 6) is 0.236. The summed E-state index contributed by atoms with van der Waals surface area (Å²) in [7, 11) is 0. The van der Waals surface area contributed by atoms with Crippen LogP contribution in [0.4, 0.5) is 0 Å². The van der Waals surface area contributed by atoms with Crippen LogP contribution in [0, 0.1) is 0 Å². The van der Waals surface area contributed by atoms with E-state index in [2.05, 4.69) is 10.3 Å². The molecule has 162 valence electrons. The van der Waals surface area contributed by atoms with Gasteiger partial charge in [-0.1, -0.05) is 53.5 Å². The number of hydrogen-bond acceptors (Lipinski definition) is 3. The highest BCUT2D eigenvalue weighted by Crippen LogP contribution is 2.27. The third-order valence-corrected chi connectivity index (χ3v) is 5.68. The molecule has 0 aliphatic heterocycles. The van der Waals surface area contributed by atoms with E-state index in [0.29, 0.717) is 15.9 Å². The molecule has 0 fully saturated rings. The van der Waals surface area contributed by atoms with Gasteiger partial charge in [0.25, 0.3) is 5.91 Å². The van der Waals surface area contributed by atoms with Crippen LogP contribution in [0.1, 0.15) is 37.8 Å². The predicted molar refractivity (Wildman–Crippen MR) is 126 cm³/mol. The Morgan fingerprint density at radius 2 is 1.61 bits per heavy atom. The van der Waals surface area contributed by atoms with Gasteiger partial charge < -0.3 is 10.1 Å². The molecule has 2 unspecified atom stereocenters. The van der Waals surface area contributed by atoms with Gasteiger partial charge in [0.05, 0.1) is 0 Å². The van der Waals surface area contributed by atoms with E-state index in [1.54, 1.807) is 32.2 Å². The zero-order valence-corrected chi connectivity index (χ0v) is 19.3. The van der Waals surface area contributed by atoms with E-state index in [1.165, 1.54) is 0 Å². The maximum absolute atomic E-state index is 13.1. The zero-order chi connectivity index (χ0) is 22.4. The number of carbonyl (C=O) groups excluding carboxylic acids is 1. The first kappa shape index (κ1) is 23.1. The average Bonchev–Trinajstić information content (AvgIpc) is 2.74. The molecule has 3 rings (SSSR count). The van der Waals surface area contributed by atoms with E-state index in [0.717, 1.165) is 17.5 Å². The molecule has 0 spiro atoms. The van der Waals surface area contributed by atoms with E-state index in [9.17, 15) is 4.79 Å². The minimum atomic E-state index is -1.08. The number of amides is 1. The summed E-state index contributed by atoms with van der Waals surface area (Å²) in [6, 6.07) is 20.7. The van der Waals surface area contributed by atoms with Gasteiger partial charge in [-0.2, -0.15) is 0 Å². The minimum absolute atomic E-state index is 0.0352. The quantitative estimate of drug-likeness (QED) is 0.446. The van der Waals surface area contributed by atoms with Crippen LogP contribution in [-0.4, -0.2) is 22.5 Å². The van der Waals surface area contributed by atoms with Gasteiger partial charge in [0.15, 0.2) is 5.60 Å². The number of nitrogens with one attached hydrogen (secondary N) is 1. The van der Waals surface area contributed by atoms with Crippen molar-refractivity contribution in [3.63, 3.8) is 0 Å². The summed E-state index contributed by atoms with van der Waals surface area (Å²) >= 11 is 12.1. The van der Waals surface area contributed by atoms with Crippen LogP contribution in [0.5, 0.6) is 5.88 Å². The van der Waals surface area contributed by atoms with Crippen molar-refractivity contribution in [1.29, 1.82) is 0 Å². The van der Waals surface area contributed by atoms with Gasteiger partial charge in [0.2, 0.25) is 5.88 Å². The minimum Gasteiger partial charge on any atom is -0.462 e. The molecule has 2 aromatic carbocycles. The zero-order valence-electron chi connectivity index (χ0n) is 17.8. The smallest absolute Gasteiger partial charge is 0.263 e. The van der Waals surface area contributed by atoms with E-state index in [-0.39, 0.29) is 17.9 Å². The molecular weight excluding hydrogens is 431 g/mol. The number of aromatic nitrogens is 1. The highest BCUT2D eigenvalue weighted by atomic mass is 35.5. The van der Waals surface area contributed by atoms with Crippen molar-refractivity contribution < 1.29 is 9.53 Å². The molecule has 0 aliphatic rings. The Hall–Kier alpha value is -2.56. The van der Waals surface area contributed by atoms with Gasteiger partial charge in [0.1, 0.15) is 0 Å². The first-order valence-corrected chi connectivity index (χ1v) is 10.9. The molecular formula is C25H26Cl2N2O2. The molecule has 0 bridgehead atoms. The van der Waals surface area contributed by atoms with Crippen molar-refractivity contribution in [3.8, 4) is 5.88 Å². The van der Waals surface area contributed by atoms with Crippen LogP contribution in [0.25, 0.3) is 0 Å². The lowest BCUT2D eigenvalue weighted by Crippen LogP contribution is -2.51. The van der Waals surface area contributed by atoms with Crippen molar-refractivity contribution >= 4 is 29.1 Å². The highest BCUT2D eigenvalue weighted by Gasteiger charge is 2.33. The molecule has 0 aliphatic carbocycles. The van der Waals surface area contributed by atoms with Gasteiger partial charge in [0, 0.05) is 34.3 Å². The lowest BCUT2D eigenvalue weighted by molar-refractivity contribution is -0.135. The number of ether oxygens (including phenoxy) is 1. The molecule has 0 saturated heterocycles. The summed E-state index contributed by atoms with van der Waals surface area (Å²) in [5, 5.41) is 4.51. The van der Waals surface area contributed by atoms with Gasteiger partial charge in [-0.3, -0.25) is 4.79 Å². The highest BCUT2D eigenvalue weighted by molar-refractivity contribution is 6.30. The van der Waals surface area contributed by atoms with Gasteiger partial charge in [-0.15, -0.1) is 0 Å². The Morgan fingerprint density at radius 3 is 2.19 bits per heavy atom. The fourth-order valence-electron chi connectivity index (χ4n) is 3.36. The number of nitrogens with zero attached hydrogens (tertiary/aromatic N) is 1. The summed E-state index contributed by atoms with van der Waals surface area (Å²) in [6.45, 7) is 5.48. The first-order valence-electron chi connectivity index (χ1n) is 10.2. The van der Waals surface area contributed by atoms with Gasteiger partial charge in [-0.05, 0) is 68.7 Å². The molecule has 1 aromatic heterocycles. The largest absolute Gasteiger partial charge is 0.462 e. The van der Waals surface area contributed by atoms with E-state index in [4.69, 9.17) is 27.9 Å². The standard InChI is InChI=1S/C25H26Cl2N2O2/c1-17(29-24(30)25(2,3)31-23-6-4-5-15-28-23)22(19-9-13-21(27)14-10-19)16-18-7-11-20(26)12-8-18/h4-15,17,22H,16H2,1-3H3,(H,29,30). The molecule has 1 N–H and O–H groups in total. The average molecular weight is 457 g/mol. The second-order valence-electron chi connectivity index (χ2n) is 8.03. The molecule has 1 amide bonds. The lowest BCUT2D eigenvalue weighted by Gasteiger charge is -2.30. The fourth-order valence-corrected chi connectivity index (χ4v) is 3.62. The van der Waals surface area contributed by atoms with Crippen LogP contribution >= 0.6 is 23.2 Å². The van der Waals surface area contributed by atoms with Crippen molar-refractivity contribution in [2.45, 2.75) is 44.8 Å². The third-order valence-electron chi connectivity index (χ3n) is 5.17. The molecule has 31 heavy (non-hydrogen) atoms. The Kier molecular flexibility index (Phi) is 7.58.